The summed E-state index contributed by atoms with van der Waals surface area (Å²) in [5, 5.41) is 3.75. The number of benzene rings is 3. The van der Waals surface area contributed by atoms with Gasteiger partial charge in [-0.3, -0.25) is 4.79 Å². The highest BCUT2D eigenvalue weighted by Crippen LogP contribution is 2.17. The Kier molecular flexibility index (Phi) is 7.10. The van der Waals surface area contributed by atoms with E-state index < -0.39 is 15.9 Å². The summed E-state index contributed by atoms with van der Waals surface area (Å²) in [5.41, 5.74) is 8.27. The molecule has 0 aliphatic heterocycles. The van der Waals surface area contributed by atoms with Crippen LogP contribution in [0, 0.1) is 0 Å². The second-order valence-corrected chi connectivity index (χ2v) is 8.86. The first-order valence-electron chi connectivity index (χ1n) is 9.31. The highest BCUT2D eigenvalue weighted by atomic mass is 35.5. The van der Waals surface area contributed by atoms with Gasteiger partial charge >= 0.3 is 0 Å². The van der Waals surface area contributed by atoms with Gasteiger partial charge in [0.1, 0.15) is 0 Å². The van der Waals surface area contributed by atoms with E-state index in [9.17, 15) is 13.2 Å². The number of carbonyl (C=O) groups is 1. The minimum Gasteiger partial charge on any atom is -0.385 e. The molecule has 3 rings (SSSR count). The van der Waals surface area contributed by atoms with Crippen molar-refractivity contribution in [2.45, 2.75) is 17.9 Å². The number of hydrogen-bond acceptors (Lipinski definition) is 4. The largest absolute Gasteiger partial charge is 0.385 e. The lowest BCUT2D eigenvalue weighted by Gasteiger charge is -2.10. The van der Waals surface area contributed by atoms with Crippen LogP contribution in [-0.2, 0) is 23.0 Å². The van der Waals surface area contributed by atoms with Gasteiger partial charge in [-0.1, -0.05) is 41.9 Å². The summed E-state index contributed by atoms with van der Waals surface area (Å²) in [6.07, 6.45) is 0.695. The Morgan fingerprint density at radius 1 is 0.967 bits per heavy atom. The lowest BCUT2D eigenvalue weighted by molar-refractivity contribution is 0.1000. The zero-order chi connectivity index (χ0) is 21.6. The minimum absolute atomic E-state index is 0.117. The van der Waals surface area contributed by atoms with Crippen LogP contribution in [0.25, 0.3) is 0 Å². The number of hydrogen-bond donors (Lipinski definition) is 3. The van der Waals surface area contributed by atoms with E-state index in [-0.39, 0.29) is 11.4 Å². The molecule has 0 fully saturated rings. The monoisotopic (exact) mass is 443 g/mol. The number of nitrogens with two attached hydrogens (primary N) is 1. The quantitative estimate of drug-likeness (QED) is 0.470. The molecule has 0 aliphatic rings. The van der Waals surface area contributed by atoms with Gasteiger partial charge in [0.2, 0.25) is 15.9 Å². The van der Waals surface area contributed by atoms with Crippen LogP contribution < -0.4 is 15.8 Å². The molecule has 8 heteroatoms. The van der Waals surface area contributed by atoms with Gasteiger partial charge in [-0.2, -0.15) is 0 Å². The van der Waals surface area contributed by atoms with Gasteiger partial charge < -0.3 is 11.1 Å². The molecule has 4 N–H and O–H groups in total. The van der Waals surface area contributed by atoms with Crippen molar-refractivity contribution in [2.75, 3.05) is 11.9 Å². The van der Waals surface area contributed by atoms with Crippen LogP contribution in [0.15, 0.2) is 77.7 Å². The molecule has 1 amide bonds. The molecule has 0 unspecified atom stereocenters. The third-order valence-electron chi connectivity index (χ3n) is 4.53. The van der Waals surface area contributed by atoms with Crippen molar-refractivity contribution >= 4 is 33.2 Å². The van der Waals surface area contributed by atoms with E-state index >= 15 is 0 Å². The molecule has 3 aromatic carbocycles. The van der Waals surface area contributed by atoms with Crippen molar-refractivity contribution in [3.8, 4) is 0 Å². The first kappa shape index (κ1) is 21.8. The summed E-state index contributed by atoms with van der Waals surface area (Å²) < 4.78 is 27.6. The van der Waals surface area contributed by atoms with Crippen molar-refractivity contribution in [3.63, 3.8) is 0 Å². The molecule has 0 aliphatic carbocycles. The molecule has 30 heavy (non-hydrogen) atoms. The molecule has 0 aromatic heterocycles. The fraction of sp³-hybridized carbons (Fsp3) is 0.136. The second-order valence-electron chi connectivity index (χ2n) is 6.68. The standard InChI is InChI=1S/C22H22ClN3O3S/c23-21-7-2-1-5-18(21)15-26-30(28,29)20-10-8-19(9-11-20)25-13-12-16-4-3-6-17(14-16)22(24)27/h1-11,14,25-26H,12-13,15H2,(H2,24,27). The van der Waals surface area contributed by atoms with E-state index in [1.54, 1.807) is 66.7 Å². The molecule has 0 heterocycles. The summed E-state index contributed by atoms with van der Waals surface area (Å²) in [6, 6.07) is 20.8. The van der Waals surface area contributed by atoms with E-state index in [1.165, 1.54) is 0 Å². The smallest absolute Gasteiger partial charge is 0.248 e. The number of rotatable bonds is 9. The van der Waals surface area contributed by atoms with Gasteiger partial charge in [0, 0.05) is 29.4 Å². The van der Waals surface area contributed by atoms with E-state index in [0.29, 0.717) is 29.1 Å². The predicted octanol–water partition coefficient (Wildman–Crippen LogP) is 3.57. The first-order chi connectivity index (χ1) is 14.3. The average molecular weight is 444 g/mol. The molecule has 0 bridgehead atoms. The highest BCUT2D eigenvalue weighted by molar-refractivity contribution is 7.89. The molecular weight excluding hydrogens is 422 g/mol. The van der Waals surface area contributed by atoms with Gasteiger partial charge in [0.05, 0.1) is 4.90 Å². The fourth-order valence-electron chi connectivity index (χ4n) is 2.88. The lowest BCUT2D eigenvalue weighted by atomic mass is 10.1. The molecule has 156 valence electrons. The maximum atomic E-state index is 12.5. The van der Waals surface area contributed by atoms with E-state index in [1.807, 2.05) is 6.07 Å². The zero-order valence-corrected chi connectivity index (χ0v) is 17.7. The van der Waals surface area contributed by atoms with Crippen LogP contribution >= 0.6 is 11.6 Å². The summed E-state index contributed by atoms with van der Waals surface area (Å²) >= 11 is 6.07. The second kappa shape index (κ2) is 9.75. The van der Waals surface area contributed by atoms with Crippen LogP contribution in [-0.4, -0.2) is 20.9 Å². The van der Waals surface area contributed by atoms with Crippen LogP contribution in [0.3, 0.4) is 0 Å². The molecular formula is C22H22ClN3O3S. The van der Waals surface area contributed by atoms with Crippen LogP contribution in [0.2, 0.25) is 5.02 Å². The minimum atomic E-state index is -3.65. The van der Waals surface area contributed by atoms with E-state index in [2.05, 4.69) is 10.0 Å². The third-order valence-corrected chi connectivity index (χ3v) is 6.32. The molecule has 0 saturated heterocycles. The van der Waals surface area contributed by atoms with Crippen LogP contribution in [0.1, 0.15) is 21.5 Å². The average Bonchev–Trinajstić information content (AvgIpc) is 2.74. The summed E-state index contributed by atoms with van der Waals surface area (Å²) in [5.74, 6) is -0.454. The summed E-state index contributed by atoms with van der Waals surface area (Å²) in [7, 11) is -3.65. The van der Waals surface area contributed by atoms with Gasteiger partial charge in [-0.25, -0.2) is 13.1 Å². The number of anilines is 1. The highest BCUT2D eigenvalue weighted by Gasteiger charge is 2.14. The third kappa shape index (κ3) is 5.82. The number of nitrogens with one attached hydrogen (secondary N) is 2. The lowest BCUT2D eigenvalue weighted by Crippen LogP contribution is -2.23. The summed E-state index contributed by atoms with van der Waals surface area (Å²) in [6.45, 7) is 0.742. The van der Waals surface area contributed by atoms with Crippen molar-refractivity contribution in [2.24, 2.45) is 5.73 Å². The number of sulfonamides is 1. The van der Waals surface area contributed by atoms with Gasteiger partial charge in [0.25, 0.3) is 0 Å². The maximum Gasteiger partial charge on any atom is 0.248 e. The maximum absolute atomic E-state index is 12.5. The van der Waals surface area contributed by atoms with Crippen molar-refractivity contribution in [3.05, 3.63) is 94.5 Å². The number of amides is 1. The van der Waals surface area contributed by atoms with E-state index in [4.69, 9.17) is 17.3 Å². The number of halogens is 1. The van der Waals surface area contributed by atoms with Gasteiger partial charge in [-0.05, 0) is 60.0 Å². The van der Waals surface area contributed by atoms with Gasteiger partial charge in [0.15, 0.2) is 0 Å². The normalized spacial score (nSPS) is 11.2. The van der Waals surface area contributed by atoms with Crippen molar-refractivity contribution in [1.82, 2.24) is 4.72 Å². The summed E-state index contributed by atoms with van der Waals surface area (Å²) in [4.78, 5) is 11.4. The predicted molar refractivity (Wildman–Crippen MR) is 119 cm³/mol. The Morgan fingerprint density at radius 3 is 2.40 bits per heavy atom. The molecule has 0 spiro atoms. The Hall–Kier alpha value is -2.87. The Bertz CT molecular complexity index is 1130. The molecule has 0 saturated carbocycles. The first-order valence-corrected chi connectivity index (χ1v) is 11.2. The molecule has 6 nitrogen and oxygen atoms in total. The van der Waals surface area contributed by atoms with Crippen molar-refractivity contribution < 1.29 is 13.2 Å². The van der Waals surface area contributed by atoms with Crippen LogP contribution in [0.4, 0.5) is 5.69 Å². The number of carbonyl (C=O) groups excluding carboxylic acids is 1. The molecule has 3 aromatic rings. The SMILES string of the molecule is NC(=O)c1cccc(CCNc2ccc(S(=O)(=O)NCc3ccccc3Cl)cc2)c1. The fourth-order valence-corrected chi connectivity index (χ4v) is 4.09. The van der Waals surface area contributed by atoms with Crippen LogP contribution in [0.5, 0.6) is 0 Å². The topological polar surface area (TPSA) is 101 Å². The van der Waals surface area contributed by atoms with E-state index in [0.717, 1.165) is 11.3 Å². The van der Waals surface area contributed by atoms with Crippen molar-refractivity contribution in [1.29, 1.82) is 0 Å². The zero-order valence-electron chi connectivity index (χ0n) is 16.1. The Balaban J connectivity index is 1.55. The number of primary amides is 1. The van der Waals surface area contributed by atoms with Gasteiger partial charge in [-0.15, -0.1) is 0 Å². The Labute approximate surface area is 181 Å². The Morgan fingerprint density at radius 2 is 1.70 bits per heavy atom. The molecule has 0 atom stereocenters. The molecule has 0 radical (unpaired) electrons.